The van der Waals surface area contributed by atoms with Gasteiger partial charge in [-0.25, -0.2) is 5.43 Å². The van der Waals surface area contributed by atoms with Gasteiger partial charge >= 0.3 is 0 Å². The maximum atomic E-state index is 11.9. The predicted octanol–water partition coefficient (Wildman–Crippen LogP) is 3.52. The highest BCUT2D eigenvalue weighted by atomic mass is 127. The van der Waals surface area contributed by atoms with E-state index in [-0.39, 0.29) is 5.91 Å². The summed E-state index contributed by atoms with van der Waals surface area (Å²) in [5.74, 6) is -0.250. The number of benzene rings is 1. The molecule has 24 heavy (non-hydrogen) atoms. The number of anilines is 1. The van der Waals surface area contributed by atoms with Crippen molar-refractivity contribution in [3.8, 4) is 0 Å². The average Bonchev–Trinajstić information content (AvgIpc) is 2.63. The second kappa shape index (κ2) is 10.6. The number of halogens is 2. The number of nitrogens with one attached hydrogen (secondary N) is 1. The monoisotopic (exact) mass is 548 g/mol. The molecule has 126 valence electrons. The Bertz CT molecular complexity index is 656. The molecule has 0 bridgehead atoms. The van der Waals surface area contributed by atoms with Gasteiger partial charge in [0, 0.05) is 45.6 Å². The number of rotatable bonds is 8. The van der Waals surface area contributed by atoms with Crippen molar-refractivity contribution in [2.45, 2.75) is 0 Å². The van der Waals surface area contributed by atoms with Gasteiger partial charge in [0.25, 0.3) is 5.91 Å². The Hall–Kier alpha value is -1.23. The summed E-state index contributed by atoms with van der Waals surface area (Å²) in [7, 11) is 0. The largest absolute Gasteiger partial charge is 0.370 e. The topological polar surface area (TPSA) is 57.6 Å². The fraction of sp³-hybridized carbons (Fsp3) is 0.235. The number of amides is 1. The van der Waals surface area contributed by atoms with Crippen LogP contribution < -0.4 is 10.3 Å². The average molecular weight is 548 g/mol. The molecular formula is C17H18I2N4O. The van der Waals surface area contributed by atoms with Crippen molar-refractivity contribution < 1.29 is 4.79 Å². The lowest BCUT2D eigenvalue weighted by atomic mass is 10.2. The van der Waals surface area contributed by atoms with Crippen molar-refractivity contribution >= 4 is 63.0 Å². The Kier molecular flexibility index (Phi) is 8.43. The first-order valence-corrected chi connectivity index (χ1v) is 10.5. The van der Waals surface area contributed by atoms with Gasteiger partial charge in [0.15, 0.2) is 0 Å². The quantitative estimate of drug-likeness (QED) is 0.238. The van der Waals surface area contributed by atoms with E-state index in [9.17, 15) is 4.79 Å². The Morgan fingerprint density at radius 1 is 1.08 bits per heavy atom. The van der Waals surface area contributed by atoms with Crippen molar-refractivity contribution in [3.05, 3.63) is 59.9 Å². The van der Waals surface area contributed by atoms with E-state index in [0.717, 1.165) is 27.5 Å². The molecule has 0 spiro atoms. The Morgan fingerprint density at radius 2 is 1.71 bits per heavy atom. The maximum Gasteiger partial charge on any atom is 0.271 e. The van der Waals surface area contributed by atoms with Crippen LogP contribution in [0.3, 0.4) is 0 Å². The van der Waals surface area contributed by atoms with Crippen LogP contribution in [0.5, 0.6) is 0 Å². The summed E-state index contributed by atoms with van der Waals surface area (Å²) >= 11 is 4.79. The van der Waals surface area contributed by atoms with Gasteiger partial charge < -0.3 is 4.90 Å². The highest BCUT2D eigenvalue weighted by Crippen LogP contribution is 2.15. The molecule has 0 saturated heterocycles. The number of carbonyl (C=O) groups is 1. The van der Waals surface area contributed by atoms with Crippen molar-refractivity contribution in [2.24, 2.45) is 5.10 Å². The van der Waals surface area contributed by atoms with Crippen LogP contribution in [0.4, 0.5) is 5.69 Å². The summed E-state index contributed by atoms with van der Waals surface area (Å²) in [5, 5.41) is 4.00. The van der Waals surface area contributed by atoms with Crippen molar-refractivity contribution in [3.63, 3.8) is 0 Å². The third-order valence-corrected chi connectivity index (χ3v) is 4.25. The second-order valence-corrected chi connectivity index (χ2v) is 7.05. The number of aromatic nitrogens is 1. The summed E-state index contributed by atoms with van der Waals surface area (Å²) in [6, 6.07) is 11.5. The molecule has 0 unspecified atom stereocenters. The van der Waals surface area contributed by atoms with E-state index in [1.807, 2.05) is 12.1 Å². The van der Waals surface area contributed by atoms with Crippen LogP contribution in [0, 0.1) is 0 Å². The van der Waals surface area contributed by atoms with Crippen molar-refractivity contribution in [2.75, 3.05) is 26.8 Å². The van der Waals surface area contributed by atoms with Crippen molar-refractivity contribution in [1.29, 1.82) is 0 Å². The molecule has 1 aromatic heterocycles. The standard InChI is InChI=1S/C17H18I2N4O/c18-7-11-23(12-8-19)16-3-1-14(2-4-16)13-21-22-17(24)15-5-9-20-10-6-15/h1-6,9-10,13H,7-8,11-12H2,(H,22,24)/b21-13-. The Balaban J connectivity index is 1.94. The number of nitrogens with zero attached hydrogens (tertiary/aromatic N) is 3. The molecule has 2 aromatic rings. The van der Waals surface area contributed by atoms with Gasteiger partial charge in [-0.05, 0) is 29.8 Å². The van der Waals surface area contributed by atoms with E-state index in [1.165, 1.54) is 5.69 Å². The first-order chi connectivity index (χ1) is 11.7. The van der Waals surface area contributed by atoms with Crippen LogP contribution in [0.2, 0.25) is 0 Å². The summed E-state index contributed by atoms with van der Waals surface area (Å²) in [6.45, 7) is 2.08. The molecule has 0 saturated carbocycles. The molecule has 0 atom stereocenters. The van der Waals surface area contributed by atoms with E-state index < -0.39 is 0 Å². The number of hydrogen-bond acceptors (Lipinski definition) is 4. The summed E-state index contributed by atoms with van der Waals surface area (Å²) in [5.41, 5.74) is 5.20. The molecule has 7 heteroatoms. The Morgan fingerprint density at radius 3 is 2.29 bits per heavy atom. The van der Waals surface area contributed by atoms with Crippen LogP contribution in [0.1, 0.15) is 15.9 Å². The van der Waals surface area contributed by atoms with Gasteiger partial charge in [-0.3, -0.25) is 9.78 Å². The molecule has 0 aliphatic rings. The maximum absolute atomic E-state index is 11.9. The van der Waals surface area contributed by atoms with Crippen LogP contribution in [0.15, 0.2) is 53.9 Å². The third-order valence-electron chi connectivity index (χ3n) is 3.29. The van der Waals surface area contributed by atoms with Gasteiger partial charge in [0.2, 0.25) is 0 Å². The SMILES string of the molecule is O=C(N/N=C\c1ccc(N(CCI)CCI)cc1)c1ccncc1. The van der Waals surface area contributed by atoms with E-state index >= 15 is 0 Å². The zero-order chi connectivity index (χ0) is 17.2. The zero-order valence-corrected chi connectivity index (χ0v) is 17.3. The minimum absolute atomic E-state index is 0.250. The molecule has 0 radical (unpaired) electrons. The van der Waals surface area contributed by atoms with E-state index in [1.54, 1.807) is 30.7 Å². The highest BCUT2D eigenvalue weighted by molar-refractivity contribution is 14.1. The van der Waals surface area contributed by atoms with Crippen LogP contribution in [0.25, 0.3) is 0 Å². The zero-order valence-electron chi connectivity index (χ0n) is 13.0. The molecule has 0 fully saturated rings. The summed E-state index contributed by atoms with van der Waals surface area (Å²) in [6.07, 6.45) is 4.80. The van der Waals surface area contributed by atoms with Gasteiger partial charge in [-0.2, -0.15) is 5.10 Å². The smallest absolute Gasteiger partial charge is 0.271 e. The third kappa shape index (κ3) is 6.00. The summed E-state index contributed by atoms with van der Waals surface area (Å²) in [4.78, 5) is 18.1. The number of pyridine rings is 1. The molecule has 5 nitrogen and oxygen atoms in total. The number of hydrogen-bond donors (Lipinski definition) is 1. The van der Waals surface area contributed by atoms with E-state index in [2.05, 4.69) is 77.7 Å². The van der Waals surface area contributed by atoms with Crippen LogP contribution >= 0.6 is 45.2 Å². The fourth-order valence-corrected chi connectivity index (χ4v) is 3.24. The van der Waals surface area contributed by atoms with Gasteiger partial charge in [0.05, 0.1) is 6.21 Å². The van der Waals surface area contributed by atoms with E-state index in [0.29, 0.717) is 5.56 Å². The lowest BCUT2D eigenvalue weighted by Crippen LogP contribution is -2.27. The fourth-order valence-electron chi connectivity index (χ4n) is 2.08. The highest BCUT2D eigenvalue weighted by Gasteiger charge is 2.05. The predicted molar refractivity (Wildman–Crippen MR) is 116 cm³/mol. The summed E-state index contributed by atoms with van der Waals surface area (Å²) < 4.78 is 2.19. The molecule has 0 aliphatic carbocycles. The van der Waals surface area contributed by atoms with Gasteiger partial charge in [0.1, 0.15) is 0 Å². The number of carbonyl (C=O) groups excluding carboxylic acids is 1. The molecule has 1 N–H and O–H groups in total. The van der Waals surface area contributed by atoms with Crippen LogP contribution in [-0.4, -0.2) is 39.1 Å². The molecule has 1 amide bonds. The Labute approximate surface area is 169 Å². The first-order valence-electron chi connectivity index (χ1n) is 7.45. The normalized spacial score (nSPS) is 10.8. The lowest BCUT2D eigenvalue weighted by Gasteiger charge is -2.23. The number of alkyl halides is 2. The minimum atomic E-state index is -0.250. The van der Waals surface area contributed by atoms with Gasteiger partial charge in [-0.1, -0.05) is 57.3 Å². The molecule has 1 heterocycles. The molecular weight excluding hydrogens is 530 g/mol. The molecule has 1 aromatic carbocycles. The van der Waals surface area contributed by atoms with Crippen LogP contribution in [-0.2, 0) is 0 Å². The van der Waals surface area contributed by atoms with E-state index in [4.69, 9.17) is 0 Å². The number of hydrazone groups is 1. The molecule has 2 rings (SSSR count). The lowest BCUT2D eigenvalue weighted by molar-refractivity contribution is 0.0955. The first kappa shape index (κ1) is 19.1. The molecule has 0 aliphatic heterocycles. The second-order valence-electron chi connectivity index (χ2n) is 4.89. The van der Waals surface area contributed by atoms with Gasteiger partial charge in [-0.15, -0.1) is 0 Å². The van der Waals surface area contributed by atoms with Crippen molar-refractivity contribution in [1.82, 2.24) is 10.4 Å². The minimum Gasteiger partial charge on any atom is -0.370 e.